The highest BCUT2D eigenvalue weighted by Gasteiger charge is 2.14. The lowest BCUT2D eigenvalue weighted by atomic mass is 10.1. The van der Waals surface area contributed by atoms with Gasteiger partial charge in [0, 0.05) is 5.56 Å². The van der Waals surface area contributed by atoms with Crippen molar-refractivity contribution in [2.24, 2.45) is 0 Å². The second-order valence-electron chi connectivity index (χ2n) is 5.13. The third-order valence-corrected chi connectivity index (χ3v) is 4.67. The number of amides is 1. The van der Waals surface area contributed by atoms with E-state index in [4.69, 9.17) is 16.2 Å². The molecule has 0 heterocycles. The maximum atomic E-state index is 12.4. The van der Waals surface area contributed by atoms with E-state index in [1.54, 1.807) is 12.1 Å². The van der Waals surface area contributed by atoms with E-state index in [2.05, 4.69) is 5.32 Å². The fourth-order valence-corrected chi connectivity index (χ4v) is 2.96. The van der Waals surface area contributed by atoms with Gasteiger partial charge >= 0.3 is 0 Å². The Morgan fingerprint density at radius 2 is 1.67 bits per heavy atom. The minimum Gasteiger partial charge on any atom is -0.321 e. The predicted molar refractivity (Wildman–Crippen MR) is 93.2 cm³/mol. The Kier molecular flexibility index (Phi) is 4.28. The van der Waals surface area contributed by atoms with Crippen LogP contribution in [0.5, 0.6) is 0 Å². The minimum absolute atomic E-state index is 0.102. The van der Waals surface area contributed by atoms with Crippen LogP contribution in [0.4, 0.5) is 5.69 Å². The molecule has 0 spiro atoms. The van der Waals surface area contributed by atoms with E-state index in [1.165, 1.54) is 6.07 Å². The molecule has 0 aliphatic rings. The SMILES string of the molecule is O=C(Nc1cc(S(=O)(=O)O)ccc1Cl)c1ccc2ccccc2c1. The van der Waals surface area contributed by atoms with Gasteiger partial charge in [-0.2, -0.15) is 8.42 Å². The number of anilines is 1. The molecule has 122 valence electrons. The topological polar surface area (TPSA) is 83.5 Å². The van der Waals surface area contributed by atoms with E-state index < -0.39 is 16.0 Å². The third kappa shape index (κ3) is 3.41. The Balaban J connectivity index is 1.93. The van der Waals surface area contributed by atoms with E-state index in [-0.39, 0.29) is 15.6 Å². The number of rotatable bonds is 3. The first kappa shape index (κ1) is 16.4. The van der Waals surface area contributed by atoms with Gasteiger partial charge in [0.1, 0.15) is 0 Å². The molecule has 0 unspecified atom stereocenters. The maximum absolute atomic E-state index is 12.4. The predicted octanol–water partition coefficient (Wildman–Crippen LogP) is 3.99. The van der Waals surface area contributed by atoms with E-state index in [9.17, 15) is 13.2 Å². The Morgan fingerprint density at radius 1 is 0.958 bits per heavy atom. The highest BCUT2D eigenvalue weighted by atomic mass is 35.5. The summed E-state index contributed by atoms with van der Waals surface area (Å²) in [5.74, 6) is -0.435. The lowest BCUT2D eigenvalue weighted by molar-refractivity contribution is 0.102. The van der Waals surface area contributed by atoms with Crippen molar-refractivity contribution in [2.75, 3.05) is 5.32 Å². The Bertz CT molecular complexity index is 1050. The summed E-state index contributed by atoms with van der Waals surface area (Å²) in [6.07, 6.45) is 0. The largest absolute Gasteiger partial charge is 0.321 e. The van der Waals surface area contributed by atoms with E-state index in [1.807, 2.05) is 30.3 Å². The molecular formula is C17H12ClNO4S. The van der Waals surface area contributed by atoms with Gasteiger partial charge in [-0.05, 0) is 41.1 Å². The second-order valence-corrected chi connectivity index (χ2v) is 6.96. The fraction of sp³-hybridized carbons (Fsp3) is 0. The van der Waals surface area contributed by atoms with Crippen molar-refractivity contribution in [2.45, 2.75) is 4.90 Å². The standard InChI is InChI=1S/C17H12ClNO4S/c18-15-8-7-14(24(21,22)23)10-16(15)19-17(20)13-6-5-11-3-1-2-4-12(11)9-13/h1-10H,(H,19,20)(H,21,22,23). The Morgan fingerprint density at radius 3 is 2.38 bits per heavy atom. The third-order valence-electron chi connectivity index (χ3n) is 3.50. The summed E-state index contributed by atoms with van der Waals surface area (Å²) in [7, 11) is -4.38. The molecule has 3 rings (SSSR count). The second kappa shape index (κ2) is 6.24. The van der Waals surface area contributed by atoms with Crippen LogP contribution in [0.25, 0.3) is 10.8 Å². The monoisotopic (exact) mass is 361 g/mol. The summed E-state index contributed by atoms with van der Waals surface area (Å²) in [5.41, 5.74) is 0.506. The first-order valence-corrected chi connectivity index (χ1v) is 8.73. The average Bonchev–Trinajstić information content (AvgIpc) is 2.55. The van der Waals surface area contributed by atoms with Crippen molar-refractivity contribution in [3.05, 3.63) is 71.2 Å². The van der Waals surface area contributed by atoms with Crippen LogP contribution < -0.4 is 5.32 Å². The first-order valence-electron chi connectivity index (χ1n) is 6.92. The van der Waals surface area contributed by atoms with Crippen molar-refractivity contribution < 1.29 is 17.8 Å². The zero-order valence-electron chi connectivity index (χ0n) is 12.2. The van der Waals surface area contributed by atoms with Crippen molar-refractivity contribution >= 4 is 44.1 Å². The molecule has 0 aliphatic carbocycles. The normalized spacial score (nSPS) is 11.4. The molecule has 0 saturated heterocycles. The summed E-state index contributed by atoms with van der Waals surface area (Å²) in [6.45, 7) is 0. The van der Waals surface area contributed by atoms with Gasteiger partial charge in [0.2, 0.25) is 0 Å². The van der Waals surface area contributed by atoms with Gasteiger partial charge in [-0.1, -0.05) is 41.9 Å². The lowest BCUT2D eigenvalue weighted by Crippen LogP contribution is -2.12. The molecule has 1 amide bonds. The highest BCUT2D eigenvalue weighted by molar-refractivity contribution is 7.85. The smallest absolute Gasteiger partial charge is 0.294 e. The number of hydrogen-bond acceptors (Lipinski definition) is 3. The van der Waals surface area contributed by atoms with Gasteiger partial charge in [0.15, 0.2) is 0 Å². The summed E-state index contributed by atoms with van der Waals surface area (Å²) in [4.78, 5) is 12.0. The van der Waals surface area contributed by atoms with Gasteiger partial charge < -0.3 is 5.32 Å². The molecule has 0 aliphatic heterocycles. The molecular weight excluding hydrogens is 350 g/mol. The number of benzene rings is 3. The zero-order valence-corrected chi connectivity index (χ0v) is 13.8. The van der Waals surface area contributed by atoms with Crippen LogP contribution in [0, 0.1) is 0 Å². The van der Waals surface area contributed by atoms with E-state index in [0.717, 1.165) is 22.9 Å². The number of fused-ring (bicyclic) bond motifs is 1. The maximum Gasteiger partial charge on any atom is 0.294 e. The molecule has 0 fully saturated rings. The summed E-state index contributed by atoms with van der Waals surface area (Å²) in [6, 6.07) is 16.4. The number of carbonyl (C=O) groups is 1. The first-order chi connectivity index (χ1) is 11.3. The van der Waals surface area contributed by atoms with Crippen LogP contribution in [-0.4, -0.2) is 18.9 Å². The van der Waals surface area contributed by atoms with Gasteiger partial charge in [-0.3, -0.25) is 9.35 Å². The molecule has 7 heteroatoms. The number of hydrogen-bond donors (Lipinski definition) is 2. The quantitative estimate of drug-likeness (QED) is 0.691. The van der Waals surface area contributed by atoms with Crippen LogP contribution in [-0.2, 0) is 10.1 Å². The molecule has 0 radical (unpaired) electrons. The van der Waals surface area contributed by atoms with Crippen LogP contribution in [0.3, 0.4) is 0 Å². The fourth-order valence-electron chi connectivity index (χ4n) is 2.29. The average molecular weight is 362 g/mol. The lowest BCUT2D eigenvalue weighted by Gasteiger charge is -2.09. The Hall–Kier alpha value is -2.41. The van der Waals surface area contributed by atoms with Crippen LogP contribution in [0.2, 0.25) is 5.02 Å². The summed E-state index contributed by atoms with van der Waals surface area (Å²) >= 11 is 5.98. The number of carbonyl (C=O) groups excluding carboxylic acids is 1. The van der Waals surface area contributed by atoms with Gasteiger partial charge in [0.25, 0.3) is 16.0 Å². The molecule has 0 saturated carbocycles. The molecule has 0 atom stereocenters. The van der Waals surface area contributed by atoms with Crippen molar-refractivity contribution in [1.82, 2.24) is 0 Å². The van der Waals surface area contributed by atoms with Crippen molar-refractivity contribution in [3.63, 3.8) is 0 Å². The Labute approximate surface area is 143 Å². The van der Waals surface area contributed by atoms with Gasteiger partial charge in [-0.25, -0.2) is 0 Å². The molecule has 5 nitrogen and oxygen atoms in total. The van der Waals surface area contributed by atoms with Crippen LogP contribution in [0.1, 0.15) is 10.4 Å². The highest BCUT2D eigenvalue weighted by Crippen LogP contribution is 2.26. The molecule has 0 bridgehead atoms. The van der Waals surface area contributed by atoms with Crippen LogP contribution in [0.15, 0.2) is 65.6 Å². The van der Waals surface area contributed by atoms with E-state index in [0.29, 0.717) is 5.56 Å². The molecule has 3 aromatic rings. The van der Waals surface area contributed by atoms with Gasteiger partial charge in [-0.15, -0.1) is 0 Å². The van der Waals surface area contributed by atoms with Crippen molar-refractivity contribution in [3.8, 4) is 0 Å². The number of nitrogens with one attached hydrogen (secondary N) is 1. The summed E-state index contributed by atoms with van der Waals surface area (Å²) < 4.78 is 31.5. The summed E-state index contributed by atoms with van der Waals surface area (Å²) in [5, 5.41) is 4.63. The molecule has 24 heavy (non-hydrogen) atoms. The van der Waals surface area contributed by atoms with Gasteiger partial charge in [0.05, 0.1) is 15.6 Å². The molecule has 0 aromatic heterocycles. The van der Waals surface area contributed by atoms with Crippen LogP contribution >= 0.6 is 11.6 Å². The number of halogens is 1. The van der Waals surface area contributed by atoms with E-state index >= 15 is 0 Å². The molecule has 2 N–H and O–H groups in total. The minimum atomic E-state index is -4.38. The zero-order chi connectivity index (χ0) is 17.3. The van der Waals surface area contributed by atoms with Crippen molar-refractivity contribution in [1.29, 1.82) is 0 Å². The molecule has 3 aromatic carbocycles.